The maximum Gasteiger partial charge on any atom is 0.407 e. The summed E-state index contributed by atoms with van der Waals surface area (Å²) in [7, 11) is 0. The lowest BCUT2D eigenvalue weighted by Crippen LogP contribution is -2.33. The van der Waals surface area contributed by atoms with Gasteiger partial charge in [-0.05, 0) is 51.2 Å². The molecule has 134 valence electrons. The van der Waals surface area contributed by atoms with Crippen LogP contribution in [0.2, 0.25) is 5.02 Å². The van der Waals surface area contributed by atoms with E-state index in [2.05, 4.69) is 5.32 Å². The molecule has 4 nitrogen and oxygen atoms in total. The molecule has 1 aromatic carbocycles. The van der Waals surface area contributed by atoms with Crippen LogP contribution in [0, 0.1) is 11.7 Å². The van der Waals surface area contributed by atoms with Gasteiger partial charge in [0.05, 0.1) is 5.02 Å². The Morgan fingerprint density at radius 2 is 2.12 bits per heavy atom. The van der Waals surface area contributed by atoms with Gasteiger partial charge in [0.1, 0.15) is 30.4 Å². The summed E-state index contributed by atoms with van der Waals surface area (Å²) in [4.78, 5) is 11.7. The molecule has 7 heteroatoms. The van der Waals surface area contributed by atoms with Gasteiger partial charge in [-0.1, -0.05) is 11.6 Å². The molecule has 0 radical (unpaired) electrons. The summed E-state index contributed by atoms with van der Waals surface area (Å²) in [6.07, 6.45) is 0.188. The molecular formula is C17H22ClF2NO3. The van der Waals surface area contributed by atoms with Crippen LogP contribution in [0.3, 0.4) is 0 Å². The Morgan fingerprint density at radius 1 is 1.42 bits per heavy atom. The highest BCUT2D eigenvalue weighted by Crippen LogP contribution is 2.51. The first-order valence-corrected chi connectivity index (χ1v) is 8.24. The van der Waals surface area contributed by atoms with Crippen molar-refractivity contribution in [3.63, 3.8) is 0 Å². The summed E-state index contributed by atoms with van der Waals surface area (Å²) in [6, 6.07) is 2.94. The quantitative estimate of drug-likeness (QED) is 0.814. The zero-order chi connectivity index (χ0) is 17.9. The van der Waals surface area contributed by atoms with Crippen molar-refractivity contribution < 1.29 is 23.0 Å². The standard InChI is InChI=1S/C17H22ClF2NO3/c1-17(2,3)24-16(22)21-9-10-8-11(10)14-13(23-7-6-19)5-4-12(18)15(14)20/h4-5,10-11H,6-9H2,1-3H3,(H,21,22). The third kappa shape index (κ3) is 4.97. The molecule has 1 amide bonds. The number of nitrogens with one attached hydrogen (secondary N) is 1. The largest absolute Gasteiger partial charge is 0.490 e. The monoisotopic (exact) mass is 361 g/mol. The van der Waals surface area contributed by atoms with Gasteiger partial charge < -0.3 is 14.8 Å². The first-order valence-electron chi connectivity index (χ1n) is 7.86. The third-order valence-electron chi connectivity index (χ3n) is 3.63. The molecule has 24 heavy (non-hydrogen) atoms. The number of carbonyl (C=O) groups excluding carboxylic acids is 1. The number of carbonyl (C=O) groups is 1. The Labute approximate surface area is 145 Å². The summed E-state index contributed by atoms with van der Waals surface area (Å²) >= 11 is 5.85. The van der Waals surface area contributed by atoms with Crippen molar-refractivity contribution in [2.75, 3.05) is 19.8 Å². The van der Waals surface area contributed by atoms with Crippen LogP contribution in [0.5, 0.6) is 5.75 Å². The van der Waals surface area contributed by atoms with Crippen LogP contribution < -0.4 is 10.1 Å². The van der Waals surface area contributed by atoms with E-state index in [1.54, 1.807) is 26.8 Å². The maximum atomic E-state index is 14.4. The van der Waals surface area contributed by atoms with Crippen LogP contribution in [0.4, 0.5) is 13.6 Å². The molecular weight excluding hydrogens is 340 g/mol. The zero-order valence-corrected chi connectivity index (χ0v) is 14.8. The summed E-state index contributed by atoms with van der Waals surface area (Å²) in [5, 5.41) is 2.68. The Balaban J connectivity index is 1.99. The first kappa shape index (κ1) is 18.8. The van der Waals surface area contributed by atoms with E-state index in [-0.39, 0.29) is 23.5 Å². The molecule has 1 fully saturated rings. The molecule has 1 aliphatic rings. The average Bonchev–Trinajstić information content (AvgIpc) is 3.24. The number of alkyl carbamates (subject to hydrolysis) is 1. The van der Waals surface area contributed by atoms with E-state index in [1.165, 1.54) is 6.07 Å². The second-order valence-corrected chi connectivity index (χ2v) is 7.20. The Hall–Kier alpha value is -1.56. The van der Waals surface area contributed by atoms with Gasteiger partial charge in [-0.3, -0.25) is 0 Å². The summed E-state index contributed by atoms with van der Waals surface area (Å²) in [6.45, 7) is 4.92. The van der Waals surface area contributed by atoms with Gasteiger partial charge in [-0.25, -0.2) is 13.6 Å². The molecule has 1 saturated carbocycles. The normalized spacial score (nSPS) is 19.8. The van der Waals surface area contributed by atoms with Gasteiger partial charge in [0.2, 0.25) is 0 Å². The minimum atomic E-state index is -0.655. The lowest BCUT2D eigenvalue weighted by atomic mass is 10.1. The third-order valence-corrected chi connectivity index (χ3v) is 3.92. The molecule has 2 atom stereocenters. The fourth-order valence-corrected chi connectivity index (χ4v) is 2.69. The van der Waals surface area contributed by atoms with E-state index in [9.17, 15) is 13.6 Å². The smallest absolute Gasteiger partial charge is 0.407 e. The fraction of sp³-hybridized carbons (Fsp3) is 0.588. The molecule has 0 bridgehead atoms. The van der Waals surface area contributed by atoms with Crippen LogP contribution in [-0.2, 0) is 4.74 Å². The van der Waals surface area contributed by atoms with E-state index in [0.29, 0.717) is 24.3 Å². The second-order valence-electron chi connectivity index (χ2n) is 6.80. The minimum Gasteiger partial charge on any atom is -0.490 e. The van der Waals surface area contributed by atoms with E-state index in [1.807, 2.05) is 0 Å². The minimum absolute atomic E-state index is 0.00310. The first-order chi connectivity index (χ1) is 11.2. The highest BCUT2D eigenvalue weighted by Gasteiger charge is 2.42. The molecule has 0 aliphatic heterocycles. The van der Waals surface area contributed by atoms with Crippen molar-refractivity contribution >= 4 is 17.7 Å². The molecule has 1 aromatic rings. The number of amides is 1. The van der Waals surface area contributed by atoms with Gasteiger partial charge in [-0.15, -0.1) is 0 Å². The Kier molecular flexibility index (Phi) is 5.91. The average molecular weight is 362 g/mol. The molecule has 0 aromatic heterocycles. The van der Waals surface area contributed by atoms with Crippen molar-refractivity contribution in [3.8, 4) is 5.75 Å². The predicted molar refractivity (Wildman–Crippen MR) is 88.0 cm³/mol. The SMILES string of the molecule is CC(C)(C)OC(=O)NCC1CC1c1c(OCCF)ccc(Cl)c1F. The summed E-state index contributed by atoms with van der Waals surface area (Å²) in [5.74, 6) is -0.288. The highest BCUT2D eigenvalue weighted by molar-refractivity contribution is 6.30. The number of halogens is 3. The van der Waals surface area contributed by atoms with Crippen molar-refractivity contribution in [2.24, 2.45) is 5.92 Å². The van der Waals surface area contributed by atoms with E-state index in [4.69, 9.17) is 21.1 Å². The molecule has 0 heterocycles. The van der Waals surface area contributed by atoms with Crippen LogP contribution >= 0.6 is 11.6 Å². The number of benzene rings is 1. The molecule has 1 aliphatic carbocycles. The highest BCUT2D eigenvalue weighted by atomic mass is 35.5. The molecule has 0 saturated heterocycles. The number of alkyl halides is 1. The maximum absolute atomic E-state index is 14.4. The van der Waals surface area contributed by atoms with Crippen molar-refractivity contribution in [1.82, 2.24) is 5.32 Å². The summed E-state index contributed by atoms with van der Waals surface area (Å²) < 4.78 is 37.1. The Morgan fingerprint density at radius 3 is 2.75 bits per heavy atom. The number of hydrogen-bond donors (Lipinski definition) is 1. The van der Waals surface area contributed by atoms with Crippen LogP contribution in [-0.4, -0.2) is 31.5 Å². The van der Waals surface area contributed by atoms with Crippen LogP contribution in [0.1, 0.15) is 38.7 Å². The van der Waals surface area contributed by atoms with Gasteiger partial charge >= 0.3 is 6.09 Å². The predicted octanol–water partition coefficient (Wildman–Crippen LogP) is 4.46. The molecule has 1 N–H and O–H groups in total. The lowest BCUT2D eigenvalue weighted by molar-refractivity contribution is 0.0525. The van der Waals surface area contributed by atoms with Crippen LogP contribution in [0.15, 0.2) is 12.1 Å². The topological polar surface area (TPSA) is 47.6 Å². The zero-order valence-electron chi connectivity index (χ0n) is 14.0. The Bertz CT molecular complexity index is 604. The molecule has 0 spiro atoms. The lowest BCUT2D eigenvalue weighted by Gasteiger charge is -2.19. The molecule has 2 unspecified atom stereocenters. The van der Waals surface area contributed by atoms with Crippen LogP contribution in [0.25, 0.3) is 0 Å². The molecule has 2 rings (SSSR count). The fourth-order valence-electron chi connectivity index (χ4n) is 2.52. The van der Waals surface area contributed by atoms with E-state index >= 15 is 0 Å². The number of rotatable bonds is 6. The van der Waals surface area contributed by atoms with Crippen molar-refractivity contribution in [3.05, 3.63) is 28.5 Å². The van der Waals surface area contributed by atoms with Gasteiger partial charge in [0.15, 0.2) is 0 Å². The van der Waals surface area contributed by atoms with Crippen molar-refractivity contribution in [2.45, 2.75) is 38.7 Å². The second kappa shape index (κ2) is 7.55. The summed E-state index contributed by atoms with van der Waals surface area (Å²) in [5.41, 5.74) is -0.216. The van der Waals surface area contributed by atoms with Crippen molar-refractivity contribution in [1.29, 1.82) is 0 Å². The number of ether oxygens (including phenoxy) is 2. The number of hydrogen-bond acceptors (Lipinski definition) is 3. The van der Waals surface area contributed by atoms with Gasteiger partial charge in [0.25, 0.3) is 0 Å². The van der Waals surface area contributed by atoms with E-state index in [0.717, 1.165) is 0 Å². The van der Waals surface area contributed by atoms with E-state index < -0.39 is 24.2 Å². The van der Waals surface area contributed by atoms with Gasteiger partial charge in [0, 0.05) is 12.1 Å². The van der Waals surface area contributed by atoms with Gasteiger partial charge in [-0.2, -0.15) is 0 Å².